The summed E-state index contributed by atoms with van der Waals surface area (Å²) in [6, 6.07) is 8.79. The first-order valence-corrected chi connectivity index (χ1v) is 11.3. The third kappa shape index (κ3) is 5.13. The Morgan fingerprint density at radius 1 is 1.26 bits per heavy atom. The highest BCUT2D eigenvalue weighted by Crippen LogP contribution is 2.23. The van der Waals surface area contributed by atoms with Crippen LogP contribution in [-0.2, 0) is 21.2 Å². The van der Waals surface area contributed by atoms with Crippen LogP contribution in [0.2, 0.25) is 0 Å². The Kier molecular flexibility index (Phi) is 5.95. The van der Waals surface area contributed by atoms with Gasteiger partial charge in [-0.1, -0.05) is 6.07 Å². The van der Waals surface area contributed by atoms with Crippen molar-refractivity contribution < 1.29 is 22.4 Å². The summed E-state index contributed by atoms with van der Waals surface area (Å²) in [4.78, 5) is 14.4. The number of ether oxygens (including phenoxy) is 1. The summed E-state index contributed by atoms with van der Waals surface area (Å²) in [5, 5.41) is 0. The molecule has 1 fully saturated rings. The van der Waals surface area contributed by atoms with Crippen molar-refractivity contribution in [3.8, 4) is 5.75 Å². The summed E-state index contributed by atoms with van der Waals surface area (Å²) in [6.07, 6.45) is 0.430. The lowest BCUT2D eigenvalue weighted by molar-refractivity contribution is -0.136. The van der Waals surface area contributed by atoms with Crippen molar-refractivity contribution in [2.24, 2.45) is 0 Å². The highest BCUT2D eigenvalue weighted by molar-refractivity contribution is 9.10. The minimum absolute atomic E-state index is 0.0236. The molecule has 146 valence electrons. The molecule has 1 saturated heterocycles. The minimum Gasteiger partial charge on any atom is -0.484 e. The maximum Gasteiger partial charge on any atom is 0.261 e. The van der Waals surface area contributed by atoms with Gasteiger partial charge in [0, 0.05) is 6.04 Å². The second-order valence-electron chi connectivity index (χ2n) is 6.82. The average Bonchev–Trinajstić information content (AvgIpc) is 3.18. The van der Waals surface area contributed by atoms with E-state index in [1.807, 2.05) is 32.0 Å². The average molecular weight is 456 g/mol. The molecule has 0 saturated carbocycles. The standard InChI is InChI=1S/C19H22BrNO5S/c1-13-3-4-16(9-14(13)2)25-11-19(22)21(10-17-5-6-18(20)26-17)15-7-8-27(23,24)12-15/h3-6,9,15H,7-8,10-12H2,1-2H3. The summed E-state index contributed by atoms with van der Waals surface area (Å²) in [7, 11) is -3.11. The predicted molar refractivity (Wildman–Crippen MR) is 105 cm³/mol. The van der Waals surface area contributed by atoms with E-state index in [9.17, 15) is 13.2 Å². The van der Waals surface area contributed by atoms with Crippen molar-refractivity contribution in [2.45, 2.75) is 32.9 Å². The smallest absolute Gasteiger partial charge is 0.261 e. The van der Waals surface area contributed by atoms with Gasteiger partial charge in [0.25, 0.3) is 5.91 Å². The second kappa shape index (κ2) is 8.06. The zero-order valence-electron chi connectivity index (χ0n) is 15.3. The summed E-state index contributed by atoms with van der Waals surface area (Å²) < 4.78 is 35.5. The fourth-order valence-electron chi connectivity index (χ4n) is 3.08. The van der Waals surface area contributed by atoms with Crippen LogP contribution in [0, 0.1) is 13.8 Å². The van der Waals surface area contributed by atoms with E-state index in [1.54, 1.807) is 17.0 Å². The number of carbonyl (C=O) groups excluding carboxylic acids is 1. The molecular formula is C19H22BrNO5S. The molecule has 1 aromatic heterocycles. The number of hydrogen-bond donors (Lipinski definition) is 0. The molecule has 1 aromatic carbocycles. The minimum atomic E-state index is -3.11. The Hall–Kier alpha value is -1.80. The van der Waals surface area contributed by atoms with E-state index in [1.165, 1.54) is 0 Å². The molecule has 2 heterocycles. The first-order chi connectivity index (χ1) is 12.7. The van der Waals surface area contributed by atoms with Gasteiger partial charge in [-0.25, -0.2) is 8.42 Å². The molecule has 6 nitrogen and oxygen atoms in total. The molecule has 1 amide bonds. The maximum absolute atomic E-state index is 12.8. The van der Waals surface area contributed by atoms with Gasteiger partial charge in [0.15, 0.2) is 21.1 Å². The quantitative estimate of drug-likeness (QED) is 0.667. The van der Waals surface area contributed by atoms with Crippen molar-refractivity contribution in [1.82, 2.24) is 4.90 Å². The van der Waals surface area contributed by atoms with Crippen molar-refractivity contribution in [3.63, 3.8) is 0 Å². The Morgan fingerprint density at radius 2 is 2.04 bits per heavy atom. The van der Waals surface area contributed by atoms with Crippen molar-refractivity contribution in [3.05, 3.63) is 51.9 Å². The number of aryl methyl sites for hydroxylation is 2. The molecule has 2 aromatic rings. The number of hydrogen-bond acceptors (Lipinski definition) is 5. The highest BCUT2D eigenvalue weighted by Gasteiger charge is 2.35. The molecule has 0 aliphatic carbocycles. The van der Waals surface area contributed by atoms with Gasteiger partial charge in [-0.3, -0.25) is 4.79 Å². The van der Waals surface area contributed by atoms with Crippen LogP contribution >= 0.6 is 15.9 Å². The molecular weight excluding hydrogens is 434 g/mol. The first kappa shape index (κ1) is 19.9. The fourth-order valence-corrected chi connectivity index (χ4v) is 5.15. The third-order valence-corrected chi connectivity index (χ3v) is 6.94. The van der Waals surface area contributed by atoms with Crippen LogP contribution in [0.25, 0.3) is 0 Å². The van der Waals surface area contributed by atoms with E-state index >= 15 is 0 Å². The Bertz CT molecular complexity index is 937. The van der Waals surface area contributed by atoms with Gasteiger partial charge < -0.3 is 14.1 Å². The monoisotopic (exact) mass is 455 g/mol. The topological polar surface area (TPSA) is 76.8 Å². The number of rotatable bonds is 6. The zero-order valence-corrected chi connectivity index (χ0v) is 17.7. The van der Waals surface area contributed by atoms with Gasteiger partial charge in [0.05, 0.1) is 18.1 Å². The van der Waals surface area contributed by atoms with E-state index in [0.717, 1.165) is 11.1 Å². The predicted octanol–water partition coefficient (Wildman–Crippen LogP) is 3.25. The second-order valence-corrected chi connectivity index (χ2v) is 9.83. The Morgan fingerprint density at radius 3 is 2.63 bits per heavy atom. The molecule has 1 unspecified atom stereocenters. The molecule has 3 rings (SSSR count). The van der Waals surface area contributed by atoms with E-state index in [-0.39, 0.29) is 36.6 Å². The maximum atomic E-state index is 12.8. The largest absolute Gasteiger partial charge is 0.484 e. The van der Waals surface area contributed by atoms with Gasteiger partial charge in [0.2, 0.25) is 0 Å². The summed E-state index contributed by atoms with van der Waals surface area (Å²) in [5.74, 6) is 1.02. The van der Waals surface area contributed by atoms with E-state index in [0.29, 0.717) is 22.6 Å². The molecule has 0 bridgehead atoms. The highest BCUT2D eigenvalue weighted by atomic mass is 79.9. The van der Waals surface area contributed by atoms with Crippen LogP contribution in [0.5, 0.6) is 5.75 Å². The fraction of sp³-hybridized carbons (Fsp3) is 0.421. The molecule has 1 aliphatic rings. The summed E-state index contributed by atoms with van der Waals surface area (Å²) in [6.45, 7) is 4.05. The molecule has 1 atom stereocenters. The number of nitrogens with zero attached hydrogens (tertiary/aromatic N) is 1. The van der Waals surface area contributed by atoms with Crippen LogP contribution in [0.1, 0.15) is 23.3 Å². The van der Waals surface area contributed by atoms with Gasteiger partial charge in [-0.05, 0) is 71.6 Å². The van der Waals surface area contributed by atoms with E-state index < -0.39 is 9.84 Å². The van der Waals surface area contributed by atoms with E-state index in [2.05, 4.69) is 15.9 Å². The lowest BCUT2D eigenvalue weighted by Gasteiger charge is -2.27. The van der Waals surface area contributed by atoms with Gasteiger partial charge in [0.1, 0.15) is 11.5 Å². The SMILES string of the molecule is Cc1ccc(OCC(=O)N(Cc2ccc(Br)o2)C2CCS(=O)(=O)C2)cc1C. The molecule has 1 aliphatic heterocycles. The lowest BCUT2D eigenvalue weighted by Crippen LogP contribution is -2.43. The Labute approximate surface area is 167 Å². The van der Waals surface area contributed by atoms with Gasteiger partial charge in [-0.15, -0.1) is 0 Å². The van der Waals surface area contributed by atoms with Crippen LogP contribution in [0.3, 0.4) is 0 Å². The normalized spacial score (nSPS) is 18.4. The van der Waals surface area contributed by atoms with Crippen molar-refractivity contribution >= 4 is 31.7 Å². The lowest BCUT2D eigenvalue weighted by atomic mass is 10.1. The number of furan rings is 1. The molecule has 8 heteroatoms. The van der Waals surface area contributed by atoms with Crippen LogP contribution < -0.4 is 4.74 Å². The van der Waals surface area contributed by atoms with Gasteiger partial charge in [-0.2, -0.15) is 0 Å². The molecule has 0 N–H and O–H groups in total. The summed E-state index contributed by atoms with van der Waals surface area (Å²) in [5.41, 5.74) is 2.23. The van der Waals surface area contributed by atoms with Crippen molar-refractivity contribution in [2.75, 3.05) is 18.1 Å². The van der Waals surface area contributed by atoms with Gasteiger partial charge >= 0.3 is 0 Å². The Balaban J connectivity index is 1.72. The zero-order chi connectivity index (χ0) is 19.6. The van der Waals surface area contributed by atoms with E-state index in [4.69, 9.17) is 9.15 Å². The van der Waals surface area contributed by atoms with Crippen molar-refractivity contribution in [1.29, 1.82) is 0 Å². The molecule has 0 spiro atoms. The van der Waals surface area contributed by atoms with Crippen LogP contribution in [0.4, 0.5) is 0 Å². The first-order valence-electron chi connectivity index (χ1n) is 8.68. The number of halogens is 1. The van der Waals surface area contributed by atoms with Crippen LogP contribution in [0.15, 0.2) is 39.4 Å². The number of carbonyl (C=O) groups is 1. The molecule has 0 radical (unpaired) electrons. The van der Waals surface area contributed by atoms with Crippen LogP contribution in [-0.4, -0.2) is 43.4 Å². The number of amides is 1. The molecule has 27 heavy (non-hydrogen) atoms. The third-order valence-electron chi connectivity index (χ3n) is 4.77. The number of benzene rings is 1. The summed E-state index contributed by atoms with van der Waals surface area (Å²) >= 11 is 3.24. The number of sulfone groups is 1.